The lowest BCUT2D eigenvalue weighted by atomic mass is 9.79. The minimum atomic E-state index is -2.85. The van der Waals surface area contributed by atoms with Crippen molar-refractivity contribution in [2.75, 3.05) is 0 Å². The van der Waals surface area contributed by atoms with E-state index in [0.29, 0.717) is 4.47 Å². The normalized spacial score (nSPS) is 11.5. The van der Waals surface area contributed by atoms with Gasteiger partial charge in [0.25, 0.3) is 0 Å². The summed E-state index contributed by atoms with van der Waals surface area (Å²) in [6.45, 7) is 1.26. The lowest BCUT2D eigenvalue weighted by Crippen LogP contribution is -2.20. The smallest absolute Gasteiger partial charge is 0.387 e. The van der Waals surface area contributed by atoms with Crippen LogP contribution in [0.4, 0.5) is 8.78 Å². The minimum Gasteiger partial charge on any atom is -0.457 e. The average molecular weight is 475 g/mol. The molecule has 0 spiro atoms. The molecule has 0 aromatic heterocycles. The highest BCUT2D eigenvalue weighted by atomic mass is 79.9. The van der Waals surface area contributed by atoms with Gasteiger partial charge in [-0.15, -0.1) is 0 Å². The number of hydrogen-bond acceptors (Lipinski definition) is 2. The van der Waals surface area contributed by atoms with Gasteiger partial charge in [-0.1, -0.05) is 72.2 Å². The van der Waals surface area contributed by atoms with Crippen molar-refractivity contribution in [1.29, 1.82) is 0 Å². The zero-order valence-electron chi connectivity index (χ0n) is 17.1. The van der Waals surface area contributed by atoms with Gasteiger partial charge in [-0.2, -0.15) is 8.78 Å². The molecule has 0 saturated heterocycles. The predicted octanol–water partition coefficient (Wildman–Crippen LogP) is 8.14. The highest BCUT2D eigenvalue weighted by Crippen LogP contribution is 2.38. The van der Waals surface area contributed by atoms with Crippen LogP contribution in [0, 0.1) is 0 Å². The number of hydrogen-bond donors (Lipinski definition) is 0. The van der Waals surface area contributed by atoms with Gasteiger partial charge in [0.1, 0.15) is 17.2 Å². The van der Waals surface area contributed by atoms with Gasteiger partial charge < -0.3 is 9.47 Å². The van der Waals surface area contributed by atoms with Crippen molar-refractivity contribution in [2.45, 2.75) is 45.1 Å². The largest absolute Gasteiger partial charge is 0.457 e. The Hall–Kier alpha value is -2.40. The fourth-order valence-electron chi connectivity index (χ4n) is 3.53. The van der Waals surface area contributed by atoms with Crippen LogP contribution in [0.1, 0.15) is 37.8 Å². The quantitative estimate of drug-likeness (QED) is 0.311. The van der Waals surface area contributed by atoms with E-state index in [1.54, 1.807) is 6.07 Å². The minimum absolute atomic E-state index is 0.220. The van der Waals surface area contributed by atoms with E-state index in [9.17, 15) is 8.78 Å². The molecule has 3 rings (SSSR count). The van der Waals surface area contributed by atoms with Crippen LogP contribution in [0.25, 0.3) is 0 Å². The number of benzene rings is 3. The van der Waals surface area contributed by atoms with Crippen molar-refractivity contribution >= 4 is 15.9 Å². The summed E-state index contributed by atoms with van der Waals surface area (Å²) in [6, 6.07) is 23.0. The number of halogens is 3. The molecule has 0 aliphatic carbocycles. The number of aryl methyl sites for hydroxylation is 1. The van der Waals surface area contributed by atoms with Crippen LogP contribution in [-0.4, -0.2) is 6.61 Å². The molecule has 0 bridgehead atoms. The maximum Gasteiger partial charge on any atom is 0.387 e. The third kappa shape index (κ3) is 6.05. The van der Waals surface area contributed by atoms with Gasteiger partial charge in [0, 0.05) is 10.0 Å². The van der Waals surface area contributed by atoms with E-state index in [4.69, 9.17) is 9.47 Å². The molecule has 0 aliphatic rings. The molecule has 3 aromatic carbocycles. The number of para-hydroxylation sites is 2. The van der Waals surface area contributed by atoms with Gasteiger partial charge >= 0.3 is 6.61 Å². The summed E-state index contributed by atoms with van der Waals surface area (Å²) in [6.07, 6.45) is 2.52. The Bertz CT molecular complexity index is 958. The molecule has 158 valence electrons. The predicted molar refractivity (Wildman–Crippen MR) is 120 cm³/mol. The summed E-state index contributed by atoms with van der Waals surface area (Å²) in [7, 11) is 0. The Kier molecular flexibility index (Phi) is 7.48. The molecule has 0 aliphatic heterocycles. The summed E-state index contributed by atoms with van der Waals surface area (Å²) in [4.78, 5) is 0. The van der Waals surface area contributed by atoms with E-state index in [1.807, 2.05) is 60.7 Å². The second kappa shape index (κ2) is 10.1. The Morgan fingerprint density at radius 1 is 0.900 bits per heavy atom. The van der Waals surface area contributed by atoms with E-state index in [0.717, 1.165) is 41.9 Å². The molecule has 0 saturated carbocycles. The second-order valence-corrected chi connectivity index (χ2v) is 8.69. The summed E-state index contributed by atoms with van der Waals surface area (Å²) >= 11 is 3.33. The average Bonchev–Trinajstić information content (AvgIpc) is 2.69. The molecule has 5 heteroatoms. The van der Waals surface area contributed by atoms with Crippen molar-refractivity contribution in [2.24, 2.45) is 0 Å². The van der Waals surface area contributed by atoms with E-state index in [1.165, 1.54) is 0 Å². The van der Waals surface area contributed by atoms with Crippen molar-refractivity contribution in [3.05, 3.63) is 88.4 Å². The first-order valence-electron chi connectivity index (χ1n) is 9.91. The Morgan fingerprint density at radius 3 is 2.33 bits per heavy atom. The van der Waals surface area contributed by atoms with Gasteiger partial charge in [0.2, 0.25) is 0 Å². The first-order chi connectivity index (χ1) is 14.3. The van der Waals surface area contributed by atoms with E-state index < -0.39 is 6.61 Å². The summed E-state index contributed by atoms with van der Waals surface area (Å²) in [5.74, 6) is 1.86. The Labute approximate surface area is 185 Å². The molecular weight excluding hydrogens is 450 g/mol. The summed E-state index contributed by atoms with van der Waals surface area (Å²) < 4.78 is 37.3. The molecule has 0 unspecified atom stereocenters. The zero-order valence-corrected chi connectivity index (χ0v) is 18.7. The maximum atomic E-state index is 12.9. The Morgan fingerprint density at radius 2 is 1.60 bits per heavy atom. The SMILES string of the molecule is CC(C)(CCCc1ccccc1Oc1ccccc1)c1ccc(Br)cc1OC(F)F. The molecule has 2 nitrogen and oxygen atoms in total. The van der Waals surface area contributed by atoms with Crippen LogP contribution >= 0.6 is 15.9 Å². The van der Waals surface area contributed by atoms with Crippen molar-refractivity contribution in [1.82, 2.24) is 0 Å². The highest BCUT2D eigenvalue weighted by molar-refractivity contribution is 9.10. The zero-order chi connectivity index (χ0) is 21.6. The molecule has 0 heterocycles. The van der Waals surface area contributed by atoms with Crippen molar-refractivity contribution in [3.63, 3.8) is 0 Å². The van der Waals surface area contributed by atoms with Gasteiger partial charge in [-0.05, 0) is 60.6 Å². The van der Waals surface area contributed by atoms with Crippen LogP contribution in [0.15, 0.2) is 77.3 Å². The molecule has 0 radical (unpaired) electrons. The van der Waals surface area contributed by atoms with Crippen LogP contribution in [0.2, 0.25) is 0 Å². The van der Waals surface area contributed by atoms with Crippen molar-refractivity contribution in [3.8, 4) is 17.2 Å². The molecule has 3 aromatic rings. The van der Waals surface area contributed by atoms with Gasteiger partial charge in [0.05, 0.1) is 0 Å². The van der Waals surface area contributed by atoms with Gasteiger partial charge in [-0.3, -0.25) is 0 Å². The molecule has 0 amide bonds. The molecule has 0 atom stereocenters. The standard InChI is InChI=1S/C25H25BrF2O2/c1-25(2,21-15-14-19(26)17-23(21)30-24(27)28)16-8-10-18-9-6-7-13-22(18)29-20-11-4-3-5-12-20/h3-7,9,11-15,17,24H,8,10,16H2,1-2H3. The van der Waals surface area contributed by atoms with Gasteiger partial charge in [-0.25, -0.2) is 0 Å². The fraction of sp³-hybridized carbons (Fsp3) is 0.280. The maximum absolute atomic E-state index is 12.9. The van der Waals surface area contributed by atoms with Crippen LogP contribution < -0.4 is 9.47 Å². The number of rotatable bonds is 9. The topological polar surface area (TPSA) is 18.5 Å². The van der Waals surface area contributed by atoms with Crippen LogP contribution in [0.3, 0.4) is 0 Å². The lowest BCUT2D eigenvalue weighted by Gasteiger charge is -2.28. The fourth-order valence-corrected chi connectivity index (χ4v) is 3.87. The lowest BCUT2D eigenvalue weighted by molar-refractivity contribution is -0.0510. The third-order valence-corrected chi connectivity index (χ3v) is 5.57. The second-order valence-electron chi connectivity index (χ2n) is 7.78. The monoisotopic (exact) mass is 474 g/mol. The van der Waals surface area contributed by atoms with Gasteiger partial charge in [0.15, 0.2) is 0 Å². The van der Waals surface area contributed by atoms with Crippen LogP contribution in [0.5, 0.6) is 17.2 Å². The van der Waals surface area contributed by atoms with Crippen LogP contribution in [-0.2, 0) is 11.8 Å². The first kappa shape index (κ1) is 22.3. The van der Waals surface area contributed by atoms with E-state index in [-0.39, 0.29) is 11.2 Å². The number of alkyl halides is 2. The summed E-state index contributed by atoms with van der Waals surface area (Å²) in [5.41, 5.74) is 1.58. The third-order valence-electron chi connectivity index (χ3n) is 5.08. The Balaban J connectivity index is 1.69. The summed E-state index contributed by atoms with van der Waals surface area (Å²) in [5, 5.41) is 0. The molecule has 30 heavy (non-hydrogen) atoms. The van der Waals surface area contributed by atoms with Crippen molar-refractivity contribution < 1.29 is 18.3 Å². The highest BCUT2D eigenvalue weighted by Gasteiger charge is 2.26. The first-order valence-corrected chi connectivity index (χ1v) is 10.7. The van der Waals surface area contributed by atoms with E-state index >= 15 is 0 Å². The number of ether oxygens (including phenoxy) is 2. The van der Waals surface area contributed by atoms with E-state index in [2.05, 4.69) is 35.8 Å². The molecule has 0 fully saturated rings. The molecular formula is C25H25BrF2O2. The molecule has 0 N–H and O–H groups in total.